The van der Waals surface area contributed by atoms with Crippen LogP contribution in [0.15, 0.2) is 35.1 Å². The fourth-order valence-corrected chi connectivity index (χ4v) is 4.64. The lowest BCUT2D eigenvalue weighted by molar-refractivity contribution is -0.143. The third kappa shape index (κ3) is 4.89. The molecule has 0 unspecified atom stereocenters. The van der Waals surface area contributed by atoms with E-state index in [0.29, 0.717) is 37.6 Å². The van der Waals surface area contributed by atoms with Crippen LogP contribution in [0, 0.1) is 11.8 Å². The van der Waals surface area contributed by atoms with Gasteiger partial charge < -0.3 is 14.3 Å². The first-order chi connectivity index (χ1) is 14.6. The molecule has 2 amide bonds. The molecule has 1 aliphatic carbocycles. The number of hydrogen-bond acceptors (Lipinski definition) is 5. The van der Waals surface area contributed by atoms with Gasteiger partial charge in [0.2, 0.25) is 11.8 Å². The number of piperidine rings is 1. The van der Waals surface area contributed by atoms with E-state index in [1.807, 2.05) is 23.1 Å². The minimum Gasteiger partial charge on any atom is -0.359 e. The number of carbonyl (C=O) groups excluding carboxylic acids is 2. The molecule has 0 spiro atoms. The SMILES string of the molecule is CN(Cc1cc(-c2ccncc2)no1)C(=O)[C@H]1CCC(=O)N(CC2CCCCC2)C1. The molecule has 7 nitrogen and oxygen atoms in total. The summed E-state index contributed by atoms with van der Waals surface area (Å²) in [6.45, 7) is 1.71. The van der Waals surface area contributed by atoms with Crippen LogP contribution >= 0.6 is 0 Å². The number of nitrogens with zero attached hydrogens (tertiary/aromatic N) is 4. The number of hydrogen-bond donors (Lipinski definition) is 0. The predicted molar refractivity (Wildman–Crippen MR) is 112 cm³/mol. The summed E-state index contributed by atoms with van der Waals surface area (Å²) in [4.78, 5) is 33.1. The van der Waals surface area contributed by atoms with Crippen LogP contribution in [0.2, 0.25) is 0 Å². The van der Waals surface area contributed by atoms with E-state index in [1.54, 1.807) is 24.3 Å². The van der Waals surface area contributed by atoms with Crippen molar-refractivity contribution in [2.45, 2.75) is 51.5 Å². The Balaban J connectivity index is 1.34. The summed E-state index contributed by atoms with van der Waals surface area (Å²) in [5, 5.41) is 4.10. The summed E-state index contributed by atoms with van der Waals surface area (Å²) in [6.07, 6.45) is 10.7. The topological polar surface area (TPSA) is 79.5 Å². The molecule has 0 N–H and O–H groups in total. The zero-order valence-corrected chi connectivity index (χ0v) is 17.6. The van der Waals surface area contributed by atoms with Crippen LogP contribution in [-0.2, 0) is 16.1 Å². The second-order valence-electron chi connectivity index (χ2n) is 8.65. The third-order valence-electron chi connectivity index (χ3n) is 6.36. The Morgan fingerprint density at radius 2 is 1.97 bits per heavy atom. The second-order valence-corrected chi connectivity index (χ2v) is 8.65. The summed E-state index contributed by atoms with van der Waals surface area (Å²) in [5.41, 5.74) is 1.66. The first-order valence-corrected chi connectivity index (χ1v) is 11.0. The van der Waals surface area contributed by atoms with Crippen molar-refractivity contribution < 1.29 is 14.1 Å². The Bertz CT molecular complexity index is 860. The van der Waals surface area contributed by atoms with E-state index in [0.717, 1.165) is 17.8 Å². The van der Waals surface area contributed by atoms with Crippen molar-refractivity contribution in [2.24, 2.45) is 11.8 Å². The number of likely N-dealkylation sites (tertiary alicyclic amines) is 1. The van der Waals surface area contributed by atoms with Crippen LogP contribution in [0.5, 0.6) is 0 Å². The Morgan fingerprint density at radius 1 is 1.20 bits per heavy atom. The van der Waals surface area contributed by atoms with Crippen LogP contribution in [-0.4, -0.2) is 51.9 Å². The largest absolute Gasteiger partial charge is 0.359 e. The van der Waals surface area contributed by atoms with Crippen LogP contribution in [0.3, 0.4) is 0 Å². The first-order valence-electron chi connectivity index (χ1n) is 11.0. The number of aromatic nitrogens is 2. The number of amides is 2. The summed E-state index contributed by atoms with van der Waals surface area (Å²) < 4.78 is 5.44. The van der Waals surface area contributed by atoms with Crippen LogP contribution in [0.25, 0.3) is 11.3 Å². The molecule has 0 aromatic carbocycles. The van der Waals surface area contributed by atoms with Gasteiger partial charge in [-0.25, -0.2) is 0 Å². The zero-order valence-electron chi connectivity index (χ0n) is 17.6. The van der Waals surface area contributed by atoms with Gasteiger partial charge in [0.15, 0.2) is 5.76 Å². The lowest BCUT2D eigenvalue weighted by atomic mass is 9.87. The van der Waals surface area contributed by atoms with Gasteiger partial charge in [-0.3, -0.25) is 14.6 Å². The Hall–Kier alpha value is -2.70. The molecule has 2 fully saturated rings. The average Bonchev–Trinajstić information content (AvgIpc) is 3.24. The maximum Gasteiger partial charge on any atom is 0.227 e. The fourth-order valence-electron chi connectivity index (χ4n) is 4.64. The molecule has 2 aromatic heterocycles. The lowest BCUT2D eigenvalue weighted by Crippen LogP contribution is -2.47. The monoisotopic (exact) mass is 410 g/mol. The molecule has 2 aliphatic rings. The fraction of sp³-hybridized carbons (Fsp3) is 0.565. The third-order valence-corrected chi connectivity index (χ3v) is 6.36. The smallest absolute Gasteiger partial charge is 0.227 e. The number of pyridine rings is 1. The number of rotatable bonds is 6. The highest BCUT2D eigenvalue weighted by Crippen LogP contribution is 2.28. The van der Waals surface area contributed by atoms with Gasteiger partial charge in [0, 0.05) is 50.6 Å². The molecule has 30 heavy (non-hydrogen) atoms. The van der Waals surface area contributed by atoms with E-state index >= 15 is 0 Å². The lowest BCUT2D eigenvalue weighted by Gasteiger charge is -2.36. The predicted octanol–water partition coefficient (Wildman–Crippen LogP) is 3.51. The van der Waals surface area contributed by atoms with Crippen molar-refractivity contribution in [1.82, 2.24) is 19.9 Å². The van der Waals surface area contributed by atoms with Gasteiger partial charge >= 0.3 is 0 Å². The van der Waals surface area contributed by atoms with Crippen LogP contribution in [0.1, 0.15) is 50.7 Å². The Kier molecular flexibility index (Phi) is 6.45. The highest BCUT2D eigenvalue weighted by molar-refractivity contribution is 5.83. The van der Waals surface area contributed by atoms with Gasteiger partial charge in [0.1, 0.15) is 5.69 Å². The second kappa shape index (κ2) is 9.41. The van der Waals surface area contributed by atoms with Crippen LogP contribution < -0.4 is 0 Å². The van der Waals surface area contributed by atoms with Crippen LogP contribution in [0.4, 0.5) is 0 Å². The van der Waals surface area contributed by atoms with Crippen molar-refractivity contribution in [1.29, 1.82) is 0 Å². The molecular weight excluding hydrogens is 380 g/mol. The molecule has 1 saturated heterocycles. The molecule has 1 aliphatic heterocycles. The van der Waals surface area contributed by atoms with E-state index in [-0.39, 0.29) is 17.7 Å². The van der Waals surface area contributed by atoms with E-state index in [1.165, 1.54) is 32.1 Å². The highest BCUT2D eigenvalue weighted by Gasteiger charge is 2.33. The van der Waals surface area contributed by atoms with Gasteiger partial charge in [0.25, 0.3) is 0 Å². The normalized spacial score (nSPS) is 20.4. The Morgan fingerprint density at radius 3 is 2.73 bits per heavy atom. The quantitative estimate of drug-likeness (QED) is 0.728. The standard InChI is InChI=1S/C23H30N4O3/c1-26(16-20-13-21(25-30-20)18-9-11-24-12-10-18)23(29)19-7-8-22(28)27(15-19)14-17-5-3-2-4-6-17/h9-13,17,19H,2-8,14-16H2,1H3/t19-/m0/s1. The van der Waals surface area contributed by atoms with Crippen molar-refractivity contribution in [3.05, 3.63) is 36.4 Å². The van der Waals surface area contributed by atoms with Gasteiger partial charge in [-0.05, 0) is 37.3 Å². The molecule has 0 radical (unpaired) electrons. The van der Waals surface area contributed by atoms with E-state index in [9.17, 15) is 9.59 Å². The van der Waals surface area contributed by atoms with Gasteiger partial charge in [-0.15, -0.1) is 0 Å². The van der Waals surface area contributed by atoms with Crippen molar-refractivity contribution in [2.75, 3.05) is 20.1 Å². The van der Waals surface area contributed by atoms with Gasteiger partial charge in [-0.1, -0.05) is 24.4 Å². The first kappa shape index (κ1) is 20.6. The van der Waals surface area contributed by atoms with E-state index < -0.39 is 0 Å². The molecule has 160 valence electrons. The minimum atomic E-state index is -0.140. The molecule has 2 aromatic rings. The molecule has 0 bridgehead atoms. The van der Waals surface area contributed by atoms with E-state index in [4.69, 9.17) is 4.52 Å². The summed E-state index contributed by atoms with van der Waals surface area (Å²) in [6, 6.07) is 5.60. The zero-order chi connectivity index (χ0) is 20.9. The van der Waals surface area contributed by atoms with E-state index in [2.05, 4.69) is 10.1 Å². The molecular formula is C23H30N4O3. The highest BCUT2D eigenvalue weighted by atomic mass is 16.5. The number of carbonyl (C=O) groups is 2. The summed E-state index contributed by atoms with van der Waals surface area (Å²) >= 11 is 0. The van der Waals surface area contributed by atoms with Crippen molar-refractivity contribution in [3.63, 3.8) is 0 Å². The average molecular weight is 411 g/mol. The molecule has 7 heteroatoms. The molecule has 3 heterocycles. The molecule has 1 atom stereocenters. The van der Waals surface area contributed by atoms with Crippen molar-refractivity contribution >= 4 is 11.8 Å². The maximum atomic E-state index is 13.0. The summed E-state index contributed by atoms with van der Waals surface area (Å²) in [5.74, 6) is 1.36. The summed E-state index contributed by atoms with van der Waals surface area (Å²) in [7, 11) is 1.79. The van der Waals surface area contributed by atoms with Crippen molar-refractivity contribution in [3.8, 4) is 11.3 Å². The minimum absolute atomic E-state index is 0.0676. The maximum absolute atomic E-state index is 13.0. The van der Waals surface area contributed by atoms with Gasteiger partial charge in [-0.2, -0.15) is 0 Å². The molecule has 1 saturated carbocycles. The molecule has 4 rings (SSSR count). The van der Waals surface area contributed by atoms with Gasteiger partial charge in [0.05, 0.1) is 12.5 Å². The Labute approximate surface area is 177 Å².